The van der Waals surface area contributed by atoms with Crippen LogP contribution in [0.2, 0.25) is 0 Å². The van der Waals surface area contributed by atoms with E-state index in [1.807, 2.05) is 32.0 Å². The van der Waals surface area contributed by atoms with Gasteiger partial charge >= 0.3 is 0 Å². The van der Waals surface area contributed by atoms with Gasteiger partial charge in [0.1, 0.15) is 0 Å². The van der Waals surface area contributed by atoms with Crippen LogP contribution < -0.4 is 5.32 Å². The van der Waals surface area contributed by atoms with Crippen LogP contribution in [0.15, 0.2) is 42.5 Å². The lowest BCUT2D eigenvalue weighted by Crippen LogP contribution is -2.30. The number of nitrogens with zero attached hydrogens (tertiary/aromatic N) is 1. The molecular formula is C22H24N2O3S. The monoisotopic (exact) mass is 396 g/mol. The number of rotatable bonds is 8. The van der Waals surface area contributed by atoms with Crippen LogP contribution in [-0.4, -0.2) is 40.7 Å². The van der Waals surface area contributed by atoms with Gasteiger partial charge in [0.25, 0.3) is 11.8 Å². The molecule has 0 aromatic heterocycles. The molecule has 2 aromatic carbocycles. The molecule has 1 N–H and O–H groups in total. The van der Waals surface area contributed by atoms with Gasteiger partial charge in [-0.05, 0) is 61.8 Å². The lowest BCUT2D eigenvalue weighted by Gasteiger charge is -2.13. The molecule has 2 aromatic rings. The minimum atomic E-state index is -0.207. The van der Waals surface area contributed by atoms with Crippen LogP contribution in [0.5, 0.6) is 0 Å². The average molecular weight is 397 g/mol. The van der Waals surface area contributed by atoms with E-state index >= 15 is 0 Å². The van der Waals surface area contributed by atoms with Gasteiger partial charge in [0.2, 0.25) is 5.91 Å². The molecule has 0 fully saturated rings. The first-order chi connectivity index (χ1) is 13.5. The standard InChI is InChI=1S/C22H24N2O3S/c1-15-9-10-16(2)19(13-15)23-20(25)14-28-12-6-5-11-24-21(26)17-7-3-4-8-18(17)22(24)27/h3-4,7-10,13H,5-6,11-12,14H2,1-2H3,(H,23,25). The number of anilines is 1. The third kappa shape index (κ3) is 4.62. The Bertz CT molecular complexity index is 875. The SMILES string of the molecule is Cc1ccc(C)c(NC(=O)CSCCCCN2C(=O)c3ccccc3C2=O)c1. The smallest absolute Gasteiger partial charge is 0.261 e. The molecular weight excluding hydrogens is 372 g/mol. The number of carbonyl (C=O) groups excluding carboxylic acids is 3. The zero-order valence-corrected chi connectivity index (χ0v) is 17.0. The Hall–Kier alpha value is -2.60. The molecule has 3 amide bonds. The third-order valence-electron chi connectivity index (χ3n) is 4.70. The predicted molar refractivity (Wildman–Crippen MR) is 113 cm³/mol. The lowest BCUT2D eigenvalue weighted by atomic mass is 10.1. The van der Waals surface area contributed by atoms with Gasteiger partial charge in [0.05, 0.1) is 16.9 Å². The molecule has 6 heteroatoms. The van der Waals surface area contributed by atoms with Crippen molar-refractivity contribution >= 4 is 35.2 Å². The molecule has 1 heterocycles. The topological polar surface area (TPSA) is 66.5 Å². The normalized spacial score (nSPS) is 13.0. The second-order valence-electron chi connectivity index (χ2n) is 6.93. The fraction of sp³-hybridized carbons (Fsp3) is 0.318. The maximum atomic E-state index is 12.3. The molecule has 0 radical (unpaired) electrons. The van der Waals surface area contributed by atoms with Gasteiger partial charge in [-0.3, -0.25) is 19.3 Å². The number of hydrogen-bond acceptors (Lipinski definition) is 4. The Kier molecular flexibility index (Phi) is 6.52. The summed E-state index contributed by atoms with van der Waals surface area (Å²) in [4.78, 5) is 38.0. The van der Waals surface area contributed by atoms with E-state index in [2.05, 4.69) is 5.32 Å². The van der Waals surface area contributed by atoms with Crippen molar-refractivity contribution in [1.29, 1.82) is 0 Å². The number of imide groups is 1. The van der Waals surface area contributed by atoms with Crippen LogP contribution in [0.1, 0.15) is 44.7 Å². The van der Waals surface area contributed by atoms with Crippen molar-refractivity contribution in [2.45, 2.75) is 26.7 Å². The van der Waals surface area contributed by atoms with Gasteiger partial charge in [0.15, 0.2) is 0 Å². The maximum absolute atomic E-state index is 12.3. The molecule has 1 aliphatic heterocycles. The number of carbonyl (C=O) groups is 3. The molecule has 0 unspecified atom stereocenters. The summed E-state index contributed by atoms with van der Waals surface area (Å²) in [6, 6.07) is 12.9. The van der Waals surface area contributed by atoms with E-state index in [1.54, 1.807) is 36.0 Å². The number of hydrogen-bond donors (Lipinski definition) is 1. The molecule has 0 saturated carbocycles. The summed E-state index contributed by atoms with van der Waals surface area (Å²) in [7, 11) is 0. The van der Waals surface area contributed by atoms with Crippen LogP contribution in [0.25, 0.3) is 0 Å². The second kappa shape index (κ2) is 9.06. The first-order valence-corrected chi connectivity index (χ1v) is 10.5. The Morgan fingerprint density at radius 2 is 1.68 bits per heavy atom. The molecule has 1 aliphatic rings. The van der Waals surface area contributed by atoms with E-state index in [1.165, 1.54) is 4.90 Å². The average Bonchev–Trinajstić information content (AvgIpc) is 2.92. The molecule has 28 heavy (non-hydrogen) atoms. The summed E-state index contributed by atoms with van der Waals surface area (Å²) in [6.45, 7) is 4.39. The van der Waals surface area contributed by atoms with E-state index in [-0.39, 0.29) is 17.7 Å². The zero-order chi connectivity index (χ0) is 20.1. The van der Waals surface area contributed by atoms with E-state index in [4.69, 9.17) is 0 Å². The maximum Gasteiger partial charge on any atom is 0.261 e. The van der Waals surface area contributed by atoms with Crippen molar-refractivity contribution in [2.75, 3.05) is 23.4 Å². The summed E-state index contributed by atoms with van der Waals surface area (Å²) in [5, 5.41) is 2.95. The molecule has 0 atom stereocenters. The highest BCUT2D eigenvalue weighted by molar-refractivity contribution is 7.99. The number of benzene rings is 2. The van der Waals surface area contributed by atoms with E-state index < -0.39 is 0 Å². The fourth-order valence-electron chi connectivity index (χ4n) is 3.14. The number of unbranched alkanes of at least 4 members (excludes halogenated alkanes) is 1. The largest absolute Gasteiger partial charge is 0.325 e. The number of thioether (sulfide) groups is 1. The molecule has 3 rings (SSSR count). The third-order valence-corrected chi connectivity index (χ3v) is 5.74. The van der Waals surface area contributed by atoms with Crippen molar-refractivity contribution in [1.82, 2.24) is 4.90 Å². The first-order valence-electron chi connectivity index (χ1n) is 9.37. The van der Waals surface area contributed by atoms with E-state index in [0.717, 1.165) is 35.4 Å². The number of amides is 3. The molecule has 0 bridgehead atoms. The van der Waals surface area contributed by atoms with Crippen molar-refractivity contribution in [3.63, 3.8) is 0 Å². The highest BCUT2D eigenvalue weighted by atomic mass is 32.2. The van der Waals surface area contributed by atoms with Crippen LogP contribution >= 0.6 is 11.8 Å². The first kappa shape index (κ1) is 20.1. The molecule has 5 nitrogen and oxygen atoms in total. The van der Waals surface area contributed by atoms with Crippen molar-refractivity contribution < 1.29 is 14.4 Å². The Morgan fingerprint density at radius 1 is 1.00 bits per heavy atom. The van der Waals surface area contributed by atoms with Crippen molar-refractivity contribution in [3.8, 4) is 0 Å². The molecule has 0 aliphatic carbocycles. The van der Waals surface area contributed by atoms with Gasteiger partial charge < -0.3 is 5.32 Å². The predicted octanol–water partition coefficient (Wildman–Crippen LogP) is 4.05. The summed E-state index contributed by atoms with van der Waals surface area (Å²) in [5.74, 6) is 0.769. The zero-order valence-electron chi connectivity index (χ0n) is 16.2. The van der Waals surface area contributed by atoms with Gasteiger partial charge in [-0.1, -0.05) is 24.3 Å². The van der Waals surface area contributed by atoms with Crippen molar-refractivity contribution in [3.05, 3.63) is 64.7 Å². The summed E-state index contributed by atoms with van der Waals surface area (Å²) >= 11 is 1.56. The molecule has 0 spiro atoms. The summed E-state index contributed by atoms with van der Waals surface area (Å²) in [5.41, 5.74) is 4.00. The number of fused-ring (bicyclic) bond motifs is 1. The molecule has 146 valence electrons. The van der Waals surface area contributed by atoms with Crippen LogP contribution in [0.4, 0.5) is 5.69 Å². The lowest BCUT2D eigenvalue weighted by molar-refractivity contribution is -0.113. The van der Waals surface area contributed by atoms with Gasteiger partial charge in [0, 0.05) is 12.2 Å². The Morgan fingerprint density at radius 3 is 2.36 bits per heavy atom. The number of aryl methyl sites for hydroxylation is 2. The van der Waals surface area contributed by atoms with Gasteiger partial charge in [-0.25, -0.2) is 0 Å². The van der Waals surface area contributed by atoms with Crippen LogP contribution in [0.3, 0.4) is 0 Å². The Labute approximate surface area is 169 Å². The summed E-state index contributed by atoms with van der Waals surface area (Å²) < 4.78 is 0. The van der Waals surface area contributed by atoms with Gasteiger partial charge in [-0.2, -0.15) is 11.8 Å². The van der Waals surface area contributed by atoms with Crippen LogP contribution in [0, 0.1) is 13.8 Å². The van der Waals surface area contributed by atoms with Crippen LogP contribution in [-0.2, 0) is 4.79 Å². The minimum absolute atomic E-state index is 0.0148. The number of nitrogens with one attached hydrogen (secondary N) is 1. The highest BCUT2D eigenvalue weighted by Crippen LogP contribution is 2.23. The van der Waals surface area contributed by atoms with E-state index in [0.29, 0.717) is 23.4 Å². The second-order valence-corrected chi connectivity index (χ2v) is 8.04. The van der Waals surface area contributed by atoms with Crippen molar-refractivity contribution in [2.24, 2.45) is 0 Å². The molecule has 0 saturated heterocycles. The minimum Gasteiger partial charge on any atom is -0.325 e. The highest BCUT2D eigenvalue weighted by Gasteiger charge is 2.34. The van der Waals surface area contributed by atoms with Gasteiger partial charge in [-0.15, -0.1) is 0 Å². The Balaban J connectivity index is 1.36. The quantitative estimate of drug-likeness (QED) is 0.540. The fourth-order valence-corrected chi connectivity index (χ4v) is 3.95. The summed E-state index contributed by atoms with van der Waals surface area (Å²) in [6.07, 6.45) is 1.58. The van der Waals surface area contributed by atoms with E-state index in [9.17, 15) is 14.4 Å².